The van der Waals surface area contributed by atoms with Crippen LogP contribution in [-0.4, -0.2) is 22.0 Å². The van der Waals surface area contributed by atoms with Gasteiger partial charge in [0.25, 0.3) is 5.91 Å². The van der Waals surface area contributed by atoms with E-state index in [2.05, 4.69) is 10.3 Å². The van der Waals surface area contributed by atoms with Crippen LogP contribution in [0.2, 0.25) is 5.02 Å². The number of carboxylic acids is 1. The van der Waals surface area contributed by atoms with Crippen molar-refractivity contribution in [2.45, 2.75) is 0 Å². The van der Waals surface area contributed by atoms with Gasteiger partial charge in [-0.2, -0.15) is 0 Å². The molecule has 0 spiro atoms. The minimum atomic E-state index is -1.20. The molecule has 1 aromatic carbocycles. The number of rotatable bonds is 3. The van der Waals surface area contributed by atoms with Gasteiger partial charge in [-0.15, -0.1) is 0 Å². The largest absolute Gasteiger partial charge is 0.478 e. The lowest BCUT2D eigenvalue weighted by atomic mass is 10.1. The average molecular weight is 277 g/mol. The molecule has 1 aromatic heterocycles. The lowest BCUT2D eigenvalue weighted by molar-refractivity contribution is 0.0692. The van der Waals surface area contributed by atoms with Crippen LogP contribution in [0.3, 0.4) is 0 Å². The zero-order valence-electron chi connectivity index (χ0n) is 9.63. The molecule has 2 N–H and O–H groups in total. The van der Waals surface area contributed by atoms with Gasteiger partial charge < -0.3 is 10.4 Å². The summed E-state index contributed by atoms with van der Waals surface area (Å²) in [5.41, 5.74) is 0.439. The number of pyridine rings is 1. The summed E-state index contributed by atoms with van der Waals surface area (Å²) in [5.74, 6) is -1.71. The maximum atomic E-state index is 12.0. The Bertz CT molecular complexity index is 626. The van der Waals surface area contributed by atoms with Crippen molar-refractivity contribution in [2.75, 3.05) is 5.32 Å². The highest BCUT2D eigenvalue weighted by Crippen LogP contribution is 2.15. The van der Waals surface area contributed by atoms with Crippen LogP contribution in [0.15, 0.2) is 42.7 Å². The van der Waals surface area contributed by atoms with Gasteiger partial charge in [-0.1, -0.05) is 11.6 Å². The summed E-state index contributed by atoms with van der Waals surface area (Å²) in [7, 11) is 0. The number of anilines is 1. The number of halogens is 1. The fourth-order valence-electron chi connectivity index (χ4n) is 1.49. The zero-order chi connectivity index (χ0) is 13.8. The number of hydrogen-bond acceptors (Lipinski definition) is 3. The third-order valence-electron chi connectivity index (χ3n) is 2.40. The molecule has 19 heavy (non-hydrogen) atoms. The molecule has 0 atom stereocenters. The molecule has 0 aliphatic heterocycles. The number of carbonyl (C=O) groups is 2. The first kappa shape index (κ1) is 13.0. The Labute approximate surface area is 113 Å². The highest BCUT2D eigenvalue weighted by Gasteiger charge is 2.16. The Morgan fingerprint density at radius 2 is 1.79 bits per heavy atom. The number of aromatic nitrogens is 1. The summed E-state index contributed by atoms with van der Waals surface area (Å²) in [6.07, 6.45) is 2.50. The van der Waals surface area contributed by atoms with Crippen LogP contribution in [0.4, 0.5) is 5.69 Å². The number of nitrogens with zero attached hydrogens (tertiary/aromatic N) is 1. The lowest BCUT2D eigenvalue weighted by Gasteiger charge is -2.07. The van der Waals surface area contributed by atoms with E-state index in [1.165, 1.54) is 12.3 Å². The third kappa shape index (κ3) is 3.08. The smallest absolute Gasteiger partial charge is 0.338 e. The van der Waals surface area contributed by atoms with Crippen LogP contribution in [0.5, 0.6) is 0 Å². The molecule has 96 valence electrons. The molecule has 0 bridgehead atoms. The third-order valence-corrected chi connectivity index (χ3v) is 2.65. The molecule has 2 aromatic rings. The van der Waals surface area contributed by atoms with E-state index in [1.54, 1.807) is 24.3 Å². The van der Waals surface area contributed by atoms with Gasteiger partial charge in [0.15, 0.2) is 0 Å². The first-order valence-electron chi connectivity index (χ1n) is 5.32. The molecule has 5 nitrogen and oxygen atoms in total. The van der Waals surface area contributed by atoms with Gasteiger partial charge in [-0.25, -0.2) is 4.79 Å². The molecular weight excluding hydrogens is 268 g/mol. The Balaban J connectivity index is 2.25. The van der Waals surface area contributed by atoms with E-state index in [0.717, 1.165) is 6.20 Å². The fourth-order valence-corrected chi connectivity index (χ4v) is 1.62. The number of nitrogens with one attached hydrogen (secondary N) is 1. The second-order valence-corrected chi connectivity index (χ2v) is 4.12. The van der Waals surface area contributed by atoms with Crippen molar-refractivity contribution in [1.82, 2.24) is 4.98 Å². The maximum Gasteiger partial charge on any atom is 0.338 e. The molecule has 0 aliphatic rings. The molecule has 0 saturated carbocycles. The Morgan fingerprint density at radius 3 is 2.42 bits per heavy atom. The average Bonchev–Trinajstić information content (AvgIpc) is 2.41. The molecule has 1 amide bonds. The first-order valence-corrected chi connectivity index (χ1v) is 5.70. The molecule has 0 radical (unpaired) electrons. The van der Waals surface area contributed by atoms with E-state index in [0.29, 0.717) is 10.7 Å². The second kappa shape index (κ2) is 5.49. The van der Waals surface area contributed by atoms with Crippen LogP contribution in [0.25, 0.3) is 0 Å². The van der Waals surface area contributed by atoms with Gasteiger partial charge in [0.1, 0.15) is 0 Å². The van der Waals surface area contributed by atoms with Crippen molar-refractivity contribution in [3.05, 3.63) is 58.9 Å². The number of aromatic carboxylic acids is 1. The van der Waals surface area contributed by atoms with Gasteiger partial charge in [0.2, 0.25) is 0 Å². The Kier molecular flexibility index (Phi) is 3.77. The number of hydrogen-bond donors (Lipinski definition) is 2. The standard InChI is InChI=1S/C13H9ClN2O3/c14-8-1-3-9(4-2-8)16-12(17)10-5-6-15-7-11(10)13(18)19/h1-7H,(H,16,17)(H,18,19). The summed E-state index contributed by atoms with van der Waals surface area (Å²) in [5, 5.41) is 12.1. The molecule has 2 rings (SSSR count). The van der Waals surface area contributed by atoms with Crippen LogP contribution in [0, 0.1) is 0 Å². The summed E-state index contributed by atoms with van der Waals surface area (Å²) < 4.78 is 0. The van der Waals surface area contributed by atoms with E-state index < -0.39 is 11.9 Å². The summed E-state index contributed by atoms with van der Waals surface area (Å²) in [6.45, 7) is 0. The highest BCUT2D eigenvalue weighted by atomic mass is 35.5. The van der Waals surface area contributed by atoms with Gasteiger partial charge in [-0.05, 0) is 30.3 Å². The predicted octanol–water partition coefficient (Wildman–Crippen LogP) is 2.69. The van der Waals surface area contributed by atoms with Crippen molar-refractivity contribution in [3.63, 3.8) is 0 Å². The van der Waals surface area contributed by atoms with Crippen LogP contribution < -0.4 is 5.32 Å². The SMILES string of the molecule is O=C(O)c1cnccc1C(=O)Nc1ccc(Cl)cc1. The van der Waals surface area contributed by atoms with E-state index >= 15 is 0 Å². The quantitative estimate of drug-likeness (QED) is 0.903. The van der Waals surface area contributed by atoms with Crippen LogP contribution in [0.1, 0.15) is 20.7 Å². The molecular formula is C13H9ClN2O3. The first-order chi connectivity index (χ1) is 9.08. The van der Waals surface area contributed by atoms with E-state index in [9.17, 15) is 9.59 Å². The molecule has 1 heterocycles. The highest BCUT2D eigenvalue weighted by molar-refractivity contribution is 6.30. The predicted molar refractivity (Wildman–Crippen MR) is 70.6 cm³/mol. The van der Waals surface area contributed by atoms with Crippen molar-refractivity contribution < 1.29 is 14.7 Å². The van der Waals surface area contributed by atoms with Gasteiger partial charge >= 0.3 is 5.97 Å². The monoisotopic (exact) mass is 276 g/mol. The minimum absolute atomic E-state index is 0.0532. The van der Waals surface area contributed by atoms with E-state index in [1.807, 2.05) is 0 Å². The molecule has 0 fully saturated rings. The fraction of sp³-hybridized carbons (Fsp3) is 0. The van der Waals surface area contributed by atoms with Crippen molar-refractivity contribution >= 4 is 29.2 Å². The summed E-state index contributed by atoms with van der Waals surface area (Å²) >= 11 is 5.73. The Hall–Kier alpha value is -2.40. The molecule has 6 heteroatoms. The molecule has 0 saturated heterocycles. The van der Waals surface area contributed by atoms with Crippen LogP contribution in [-0.2, 0) is 0 Å². The molecule has 0 unspecified atom stereocenters. The summed E-state index contributed by atoms with van der Waals surface area (Å²) in [6, 6.07) is 7.86. The van der Waals surface area contributed by atoms with E-state index in [-0.39, 0.29) is 11.1 Å². The second-order valence-electron chi connectivity index (χ2n) is 3.69. The number of amides is 1. The Morgan fingerprint density at radius 1 is 1.11 bits per heavy atom. The lowest BCUT2D eigenvalue weighted by Crippen LogP contribution is -2.16. The van der Waals surface area contributed by atoms with Crippen molar-refractivity contribution in [2.24, 2.45) is 0 Å². The number of benzene rings is 1. The van der Waals surface area contributed by atoms with Gasteiger partial charge in [0.05, 0.1) is 11.1 Å². The normalized spacial score (nSPS) is 9.95. The number of carbonyl (C=O) groups excluding carboxylic acids is 1. The minimum Gasteiger partial charge on any atom is -0.478 e. The van der Waals surface area contributed by atoms with Crippen molar-refractivity contribution in [3.8, 4) is 0 Å². The van der Waals surface area contributed by atoms with Gasteiger partial charge in [0, 0.05) is 23.1 Å². The van der Waals surface area contributed by atoms with E-state index in [4.69, 9.17) is 16.7 Å². The number of carboxylic acid groups (broad SMARTS) is 1. The topological polar surface area (TPSA) is 79.3 Å². The van der Waals surface area contributed by atoms with Crippen LogP contribution >= 0.6 is 11.6 Å². The zero-order valence-corrected chi connectivity index (χ0v) is 10.4. The summed E-state index contributed by atoms with van der Waals surface area (Å²) in [4.78, 5) is 26.7. The van der Waals surface area contributed by atoms with Crippen molar-refractivity contribution in [1.29, 1.82) is 0 Å². The maximum absolute atomic E-state index is 12.0. The van der Waals surface area contributed by atoms with Gasteiger partial charge in [-0.3, -0.25) is 9.78 Å². The molecule has 0 aliphatic carbocycles.